The lowest BCUT2D eigenvalue weighted by Crippen LogP contribution is -3.05. The summed E-state index contributed by atoms with van der Waals surface area (Å²) in [6, 6.07) is 0. The molecule has 1 atom stereocenters. The molecule has 11 heavy (non-hydrogen) atoms. The van der Waals surface area contributed by atoms with Crippen LogP contribution in [-0.4, -0.2) is 19.5 Å². The van der Waals surface area contributed by atoms with Gasteiger partial charge < -0.3 is 23.0 Å². The first-order valence-corrected chi connectivity index (χ1v) is 3.19. The molecule has 1 amide bonds. The van der Waals surface area contributed by atoms with E-state index in [1.54, 1.807) is 6.08 Å². The lowest BCUT2D eigenvalue weighted by Gasteiger charge is -2.11. The molecule has 1 rings (SSSR count). The van der Waals surface area contributed by atoms with Gasteiger partial charge in [-0.1, -0.05) is 0 Å². The van der Waals surface area contributed by atoms with Gasteiger partial charge in [-0.05, 0) is 12.2 Å². The Hall–Kier alpha value is -0.800. The van der Waals surface area contributed by atoms with Crippen LogP contribution in [0.2, 0.25) is 0 Å². The van der Waals surface area contributed by atoms with Crippen molar-refractivity contribution in [2.24, 2.45) is 5.73 Å². The van der Waals surface area contributed by atoms with Gasteiger partial charge in [0, 0.05) is 0 Å². The molecular formula is C7H11ClN2O. The van der Waals surface area contributed by atoms with E-state index >= 15 is 0 Å². The molecule has 0 aromatic heterocycles. The van der Waals surface area contributed by atoms with Gasteiger partial charge in [0.25, 0.3) is 0 Å². The van der Waals surface area contributed by atoms with Crippen LogP contribution in [0, 0.1) is 0 Å². The minimum Gasteiger partial charge on any atom is -1.00 e. The van der Waals surface area contributed by atoms with Crippen molar-refractivity contribution in [2.45, 2.75) is 0 Å². The summed E-state index contributed by atoms with van der Waals surface area (Å²) in [5.74, 6) is -0.316. The number of nitrogens with two attached hydrogens (primary N) is 1. The number of carbonyl (C=O) groups excluding carboxylic acids is 1. The number of rotatable bonds is 1. The van der Waals surface area contributed by atoms with Gasteiger partial charge in [0.15, 0.2) is 0 Å². The zero-order valence-corrected chi connectivity index (χ0v) is 7.06. The van der Waals surface area contributed by atoms with Crippen molar-refractivity contribution in [1.82, 2.24) is 0 Å². The highest BCUT2D eigenvalue weighted by Gasteiger charge is 2.11. The van der Waals surface area contributed by atoms with E-state index in [9.17, 15) is 4.79 Å². The van der Waals surface area contributed by atoms with Gasteiger partial charge in [-0.25, -0.2) is 0 Å². The van der Waals surface area contributed by atoms with Crippen LogP contribution in [0.5, 0.6) is 0 Å². The maximum atomic E-state index is 10.6. The summed E-state index contributed by atoms with van der Waals surface area (Å²) in [5.41, 5.74) is 5.77. The van der Waals surface area contributed by atoms with Crippen LogP contribution in [0.15, 0.2) is 23.9 Å². The fourth-order valence-electron chi connectivity index (χ4n) is 0.916. The highest BCUT2D eigenvalue weighted by Crippen LogP contribution is 1.92. The number of halogens is 1. The van der Waals surface area contributed by atoms with E-state index in [1.807, 2.05) is 19.3 Å². The van der Waals surface area contributed by atoms with Crippen LogP contribution in [0.4, 0.5) is 0 Å². The van der Waals surface area contributed by atoms with E-state index in [1.165, 1.54) is 4.90 Å². The minimum absolute atomic E-state index is 0. The maximum Gasteiger partial charge on any atom is 0.250 e. The summed E-state index contributed by atoms with van der Waals surface area (Å²) in [6.45, 7) is 0.700. The van der Waals surface area contributed by atoms with E-state index in [0.29, 0.717) is 12.1 Å². The van der Waals surface area contributed by atoms with Crippen LogP contribution in [0.25, 0.3) is 0 Å². The van der Waals surface area contributed by atoms with Gasteiger partial charge in [0.05, 0.1) is 18.8 Å². The normalized spacial score (nSPS) is 21.9. The minimum atomic E-state index is -0.316. The third-order valence-electron chi connectivity index (χ3n) is 1.46. The number of quaternary nitrogens is 1. The zero-order chi connectivity index (χ0) is 7.56. The monoisotopic (exact) mass is 174 g/mol. The van der Waals surface area contributed by atoms with Crippen molar-refractivity contribution < 1.29 is 22.1 Å². The molecule has 0 saturated heterocycles. The van der Waals surface area contributed by atoms with Crippen LogP contribution in [0.3, 0.4) is 0 Å². The molecule has 0 fully saturated rings. The van der Waals surface area contributed by atoms with Gasteiger partial charge in [-0.2, -0.15) is 0 Å². The summed E-state index contributed by atoms with van der Waals surface area (Å²) >= 11 is 0. The quantitative estimate of drug-likeness (QED) is 0.413. The summed E-state index contributed by atoms with van der Waals surface area (Å²) < 4.78 is 0. The van der Waals surface area contributed by atoms with Gasteiger partial charge in [-0.15, -0.1) is 0 Å². The molecule has 0 aliphatic carbocycles. The number of nitrogens with one attached hydrogen (secondary N) is 1. The highest BCUT2D eigenvalue weighted by molar-refractivity contribution is 5.92. The highest BCUT2D eigenvalue weighted by atomic mass is 35.5. The molecule has 0 radical (unpaired) electrons. The molecule has 3 nitrogen and oxygen atoms in total. The van der Waals surface area contributed by atoms with Crippen LogP contribution in [-0.2, 0) is 4.79 Å². The Morgan fingerprint density at radius 3 is 2.73 bits per heavy atom. The van der Waals surface area contributed by atoms with Crippen LogP contribution < -0.4 is 23.0 Å². The Bertz CT molecular complexity index is 210. The summed E-state index contributed by atoms with van der Waals surface area (Å²) in [7, 11) is 1.98. The first kappa shape index (κ1) is 10.2. The first-order valence-electron chi connectivity index (χ1n) is 3.19. The Labute approximate surface area is 72.0 Å². The molecule has 1 aliphatic heterocycles. The average Bonchev–Trinajstić information content (AvgIpc) is 1.88. The second-order valence-electron chi connectivity index (χ2n) is 2.44. The number of hydrogen-bond donors (Lipinski definition) is 2. The molecule has 62 valence electrons. The number of amides is 1. The Kier molecular flexibility index (Phi) is 3.85. The lowest BCUT2D eigenvalue weighted by atomic mass is 10.2. The molecule has 0 bridgehead atoms. The second kappa shape index (κ2) is 4.16. The summed E-state index contributed by atoms with van der Waals surface area (Å²) in [4.78, 5) is 11.8. The Balaban J connectivity index is 0.000001000. The summed E-state index contributed by atoms with van der Waals surface area (Å²) in [6.07, 6.45) is 5.58. The fourth-order valence-corrected chi connectivity index (χ4v) is 0.916. The molecule has 3 N–H and O–H groups in total. The van der Waals surface area contributed by atoms with E-state index in [2.05, 4.69) is 0 Å². The van der Waals surface area contributed by atoms with Crippen molar-refractivity contribution in [3.05, 3.63) is 23.9 Å². The number of hydrogen-bond acceptors (Lipinski definition) is 1. The first-order chi connectivity index (χ1) is 4.70. The fraction of sp³-hybridized carbons (Fsp3) is 0.286. The van der Waals surface area contributed by atoms with Gasteiger partial charge in [0.2, 0.25) is 5.91 Å². The van der Waals surface area contributed by atoms with Crippen molar-refractivity contribution in [3.63, 3.8) is 0 Å². The third kappa shape index (κ3) is 2.74. The molecule has 0 aromatic rings. The number of carbonyl (C=O) groups is 1. The van der Waals surface area contributed by atoms with Crippen molar-refractivity contribution in [2.75, 3.05) is 13.6 Å². The van der Waals surface area contributed by atoms with Crippen molar-refractivity contribution in [1.29, 1.82) is 0 Å². The predicted molar refractivity (Wildman–Crippen MR) is 38.2 cm³/mol. The molecule has 0 aromatic carbocycles. The largest absolute Gasteiger partial charge is 1.00 e. The second-order valence-corrected chi connectivity index (χ2v) is 2.44. The molecule has 1 unspecified atom stereocenters. The molecule has 1 aliphatic rings. The predicted octanol–water partition coefficient (Wildman–Crippen LogP) is -4.56. The van der Waals surface area contributed by atoms with Crippen molar-refractivity contribution in [3.8, 4) is 0 Å². The van der Waals surface area contributed by atoms with E-state index in [-0.39, 0.29) is 18.3 Å². The average molecular weight is 175 g/mol. The van der Waals surface area contributed by atoms with E-state index in [4.69, 9.17) is 5.73 Å². The number of primary amides is 1. The molecule has 4 heteroatoms. The Morgan fingerprint density at radius 2 is 2.36 bits per heavy atom. The molecular weight excluding hydrogens is 164 g/mol. The van der Waals surface area contributed by atoms with Gasteiger partial charge in [0.1, 0.15) is 6.54 Å². The van der Waals surface area contributed by atoms with E-state index in [0.717, 1.165) is 0 Å². The number of allylic oxidation sites excluding steroid dienone is 2. The Morgan fingerprint density at radius 1 is 1.73 bits per heavy atom. The molecule has 1 heterocycles. The van der Waals surface area contributed by atoms with Gasteiger partial charge in [-0.3, -0.25) is 4.79 Å². The van der Waals surface area contributed by atoms with Crippen molar-refractivity contribution >= 4 is 5.91 Å². The topological polar surface area (TPSA) is 47.5 Å². The zero-order valence-electron chi connectivity index (χ0n) is 6.30. The van der Waals surface area contributed by atoms with Gasteiger partial charge >= 0.3 is 0 Å². The standard InChI is InChI=1S/C7H10N2O.ClH/c1-9-4-2-3-6(5-9)7(8)10;/h2-4H,5H2,1H3,(H2,8,10);1H. The summed E-state index contributed by atoms with van der Waals surface area (Å²) in [5, 5.41) is 0. The molecule has 0 saturated carbocycles. The van der Waals surface area contributed by atoms with Crippen LogP contribution >= 0.6 is 0 Å². The van der Waals surface area contributed by atoms with E-state index < -0.39 is 0 Å². The maximum absolute atomic E-state index is 10.6. The lowest BCUT2D eigenvalue weighted by molar-refractivity contribution is -0.819. The van der Waals surface area contributed by atoms with Crippen LogP contribution in [0.1, 0.15) is 0 Å². The number of likely N-dealkylation sites (N-methyl/N-ethyl adjacent to an activating group) is 1. The third-order valence-corrected chi connectivity index (χ3v) is 1.46. The molecule has 0 spiro atoms. The smallest absolute Gasteiger partial charge is 0.250 e. The SMILES string of the molecule is C[NH+]1C=CC=C(C(N)=O)C1.[Cl-].